The molecule has 0 fully saturated rings. The highest BCUT2D eigenvalue weighted by molar-refractivity contribution is 7.45. The molecule has 0 radical (unpaired) electrons. The predicted octanol–water partition coefficient (Wildman–Crippen LogP) is 17.6. The second kappa shape index (κ2) is 54.3. The molecule has 10 heteroatoms. The normalized spacial score (nSPS) is 14.8. The van der Waals surface area contributed by atoms with Crippen LogP contribution in [0.1, 0.15) is 207 Å². The Morgan fingerprint density at radius 1 is 0.487 bits per heavy atom. The number of hydrogen-bond donors (Lipinski definition) is 1. The van der Waals surface area contributed by atoms with E-state index in [0.29, 0.717) is 23.9 Å². The molecule has 0 aliphatic rings. The third kappa shape index (κ3) is 54.7. The molecule has 0 aromatic heterocycles. The van der Waals surface area contributed by atoms with E-state index in [4.69, 9.17) is 13.8 Å². The average molecular weight is 1070 g/mol. The number of carbonyl (C=O) groups is 2. The number of amides is 1. The molecule has 0 aliphatic carbocycles. The van der Waals surface area contributed by atoms with Gasteiger partial charge in [-0.2, -0.15) is 0 Å². The van der Waals surface area contributed by atoms with Crippen LogP contribution in [0.15, 0.2) is 146 Å². The summed E-state index contributed by atoms with van der Waals surface area (Å²) < 4.78 is 30.2. The number of esters is 1. The number of phosphoric acid groups is 1. The van der Waals surface area contributed by atoms with E-state index in [0.717, 1.165) is 109 Å². The second-order valence-electron chi connectivity index (χ2n) is 20.5. The van der Waals surface area contributed by atoms with Gasteiger partial charge in [-0.05, 0) is 96.0 Å². The number of rotatable bonds is 51. The minimum absolute atomic E-state index is 0.0440. The van der Waals surface area contributed by atoms with Gasteiger partial charge >= 0.3 is 5.97 Å². The number of carbonyl (C=O) groups excluding carboxylic acids is 2. The van der Waals surface area contributed by atoms with E-state index in [1.54, 1.807) is 6.08 Å². The molecule has 9 nitrogen and oxygen atoms in total. The average Bonchev–Trinajstić information content (AvgIpc) is 3.38. The largest absolute Gasteiger partial charge is 0.756 e. The van der Waals surface area contributed by atoms with E-state index < -0.39 is 26.6 Å². The number of unbranched alkanes of at least 4 members (excludes halogenated alkanes) is 18. The van der Waals surface area contributed by atoms with Crippen molar-refractivity contribution in [3.05, 3.63) is 146 Å². The predicted molar refractivity (Wildman–Crippen MR) is 325 cm³/mol. The van der Waals surface area contributed by atoms with Gasteiger partial charge in [0.05, 0.1) is 33.8 Å². The van der Waals surface area contributed by atoms with E-state index in [9.17, 15) is 19.0 Å². The molecule has 1 N–H and O–H groups in total. The lowest BCUT2D eigenvalue weighted by Gasteiger charge is -2.30. The van der Waals surface area contributed by atoms with Crippen molar-refractivity contribution in [3.63, 3.8) is 0 Å². The Balaban J connectivity index is 5.43. The molecule has 1 amide bonds. The van der Waals surface area contributed by atoms with E-state index in [2.05, 4.69) is 99.0 Å². The number of allylic oxidation sites excluding steroid dienone is 23. The standard InChI is InChI=1S/C66H109N2O7P/c1-7-10-13-16-19-22-25-28-30-32-33-34-35-37-39-41-44-47-50-53-56-59-66(70)75-64(57-54-51-48-45-42-27-24-21-18-15-12-9-3)63(62-74-76(71,72)73-61-60-68(4,5)6)67-65(69)58-55-52-49-46-43-40-38-36-31-29-26-23-20-17-14-11-8-2/h10-11,13-14,17,19-20,22-23,26,28-31,33-34,36-40,43,54,57,63-64H,7-9,12,15-16,18,21,24-25,27,32,35,41-42,44-53,55-56,58-62H2,1-6H3,(H-,67,69,71,72)/b13-10-,14-11-,20-17+,22-19-,26-23+,30-28-,31-29-,34-33-,38-36+,39-37-,43-40+,57-54+. The van der Waals surface area contributed by atoms with Crippen LogP contribution in [-0.2, 0) is 27.9 Å². The zero-order valence-corrected chi connectivity index (χ0v) is 49.8. The number of quaternary nitrogens is 1. The smallest absolute Gasteiger partial charge is 0.306 e. The third-order valence-corrected chi connectivity index (χ3v) is 13.1. The summed E-state index contributed by atoms with van der Waals surface area (Å²) in [6, 6.07) is -0.931. The summed E-state index contributed by atoms with van der Waals surface area (Å²) in [5, 5.41) is 2.99. The lowest BCUT2D eigenvalue weighted by Crippen LogP contribution is -2.47. The van der Waals surface area contributed by atoms with Crippen LogP contribution in [0.4, 0.5) is 0 Å². The zero-order chi connectivity index (χ0) is 55.7. The highest BCUT2D eigenvalue weighted by Gasteiger charge is 2.27. The molecule has 3 atom stereocenters. The number of nitrogens with one attached hydrogen (secondary N) is 1. The molecule has 0 aliphatic heterocycles. The van der Waals surface area contributed by atoms with Crippen LogP contribution in [-0.4, -0.2) is 69.4 Å². The van der Waals surface area contributed by atoms with Gasteiger partial charge in [-0.3, -0.25) is 14.2 Å². The lowest BCUT2D eigenvalue weighted by atomic mass is 10.1. The van der Waals surface area contributed by atoms with Crippen molar-refractivity contribution in [3.8, 4) is 0 Å². The van der Waals surface area contributed by atoms with E-state index >= 15 is 0 Å². The van der Waals surface area contributed by atoms with Crippen molar-refractivity contribution in [2.45, 2.75) is 219 Å². The van der Waals surface area contributed by atoms with Crippen molar-refractivity contribution in [1.82, 2.24) is 5.32 Å². The summed E-state index contributed by atoms with van der Waals surface area (Å²) in [5.74, 6) is -0.628. The maximum absolute atomic E-state index is 13.5. The van der Waals surface area contributed by atoms with Gasteiger partial charge in [-0.25, -0.2) is 0 Å². The molecule has 0 heterocycles. The minimum Gasteiger partial charge on any atom is -0.756 e. The molecule has 0 saturated heterocycles. The first kappa shape index (κ1) is 71.9. The fraction of sp³-hybridized carbons (Fsp3) is 0.606. The van der Waals surface area contributed by atoms with Gasteiger partial charge in [-0.15, -0.1) is 0 Å². The molecule has 0 bridgehead atoms. The number of ether oxygens (including phenoxy) is 1. The Kier molecular flexibility index (Phi) is 51.3. The monoisotopic (exact) mass is 1070 g/mol. The molecule has 0 rings (SSSR count). The van der Waals surface area contributed by atoms with Gasteiger partial charge in [0.15, 0.2) is 0 Å². The number of hydrogen-bond acceptors (Lipinski definition) is 7. The summed E-state index contributed by atoms with van der Waals surface area (Å²) in [6.45, 7) is 6.50. The Bertz CT molecular complexity index is 1810. The summed E-state index contributed by atoms with van der Waals surface area (Å²) >= 11 is 0. The molecule has 0 spiro atoms. The van der Waals surface area contributed by atoms with Gasteiger partial charge in [-0.1, -0.05) is 244 Å². The maximum Gasteiger partial charge on any atom is 0.306 e. The molecule has 0 aromatic carbocycles. The summed E-state index contributed by atoms with van der Waals surface area (Å²) in [7, 11) is 1.11. The van der Waals surface area contributed by atoms with Crippen LogP contribution < -0.4 is 10.2 Å². The fourth-order valence-corrected chi connectivity index (χ4v) is 8.36. The summed E-state index contributed by atoms with van der Waals surface area (Å²) in [4.78, 5) is 39.9. The summed E-state index contributed by atoms with van der Waals surface area (Å²) in [6.07, 6.45) is 78.1. The van der Waals surface area contributed by atoms with Gasteiger partial charge in [0.2, 0.25) is 5.91 Å². The topological polar surface area (TPSA) is 114 Å². The van der Waals surface area contributed by atoms with Gasteiger partial charge in [0.25, 0.3) is 7.82 Å². The van der Waals surface area contributed by atoms with Crippen molar-refractivity contribution < 1.29 is 37.3 Å². The number of nitrogens with zero attached hydrogens (tertiary/aromatic N) is 1. The zero-order valence-electron chi connectivity index (χ0n) is 48.9. The Labute approximate surface area is 466 Å². The quantitative estimate of drug-likeness (QED) is 0.0161. The lowest BCUT2D eigenvalue weighted by molar-refractivity contribution is -0.870. The molecular formula is C66H109N2O7P. The third-order valence-electron chi connectivity index (χ3n) is 12.2. The maximum atomic E-state index is 13.5. The number of likely N-dealkylation sites (N-methyl/N-ethyl adjacent to an activating group) is 1. The number of phosphoric ester groups is 1. The highest BCUT2D eigenvalue weighted by atomic mass is 31.2. The van der Waals surface area contributed by atoms with E-state index in [1.807, 2.05) is 88.0 Å². The first-order valence-electron chi connectivity index (χ1n) is 29.7. The van der Waals surface area contributed by atoms with Crippen LogP contribution in [0, 0.1) is 0 Å². The van der Waals surface area contributed by atoms with E-state index in [1.165, 1.54) is 51.4 Å². The van der Waals surface area contributed by atoms with Crippen molar-refractivity contribution in [1.29, 1.82) is 0 Å². The van der Waals surface area contributed by atoms with E-state index in [-0.39, 0.29) is 31.3 Å². The van der Waals surface area contributed by atoms with Crippen molar-refractivity contribution in [2.24, 2.45) is 0 Å². The van der Waals surface area contributed by atoms with Crippen molar-refractivity contribution in [2.75, 3.05) is 40.9 Å². The molecule has 430 valence electrons. The molecule has 76 heavy (non-hydrogen) atoms. The molecular weight excluding hydrogens is 964 g/mol. The van der Waals surface area contributed by atoms with Crippen molar-refractivity contribution >= 4 is 19.7 Å². The Morgan fingerprint density at radius 3 is 1.43 bits per heavy atom. The first-order chi connectivity index (χ1) is 36.9. The van der Waals surface area contributed by atoms with Crippen LogP contribution >= 0.6 is 7.82 Å². The second-order valence-corrected chi connectivity index (χ2v) is 21.9. The highest BCUT2D eigenvalue weighted by Crippen LogP contribution is 2.38. The summed E-state index contributed by atoms with van der Waals surface area (Å²) in [5.41, 5.74) is 0. The van der Waals surface area contributed by atoms with Crippen LogP contribution in [0.2, 0.25) is 0 Å². The fourth-order valence-electron chi connectivity index (χ4n) is 7.64. The Morgan fingerprint density at radius 2 is 0.908 bits per heavy atom. The molecule has 0 aromatic rings. The molecule has 0 saturated carbocycles. The molecule has 3 unspecified atom stereocenters. The van der Waals surface area contributed by atoms with Crippen LogP contribution in [0.5, 0.6) is 0 Å². The van der Waals surface area contributed by atoms with Gasteiger partial charge in [0, 0.05) is 12.8 Å². The van der Waals surface area contributed by atoms with Crippen LogP contribution in [0.3, 0.4) is 0 Å². The first-order valence-corrected chi connectivity index (χ1v) is 31.2. The van der Waals surface area contributed by atoms with Gasteiger partial charge < -0.3 is 28.5 Å². The SMILES string of the molecule is CC\C=C/C=C/C=C/C=C\C=C\C=C\CCCCCC(=O)NC(COP(=O)([O-])OCC[N+](C)(C)C)C(/C=C/CCCCCCCCCCCC)OC(=O)CCCCCCC/C=C\C/C=C\C/C=C\C/C=C\C/C=C\CC. The Hall–Kier alpha value is -4.11. The van der Waals surface area contributed by atoms with Gasteiger partial charge in [0.1, 0.15) is 19.3 Å². The van der Waals surface area contributed by atoms with Crippen LogP contribution in [0.25, 0.3) is 0 Å². The minimum atomic E-state index is -4.73.